The molecule has 1 aromatic carbocycles. The van der Waals surface area contributed by atoms with Crippen LogP contribution in [-0.4, -0.2) is 54.1 Å². The summed E-state index contributed by atoms with van der Waals surface area (Å²) >= 11 is 0. The Morgan fingerprint density at radius 3 is 3.05 bits per heavy atom. The first-order chi connectivity index (χ1) is 9.76. The minimum absolute atomic E-state index is 0.457. The standard InChI is InChI=1S/C16H22N4/c1-19-7-8-20(15(10-17)12-19)11-13-4-5-16-14(9-13)3-2-6-18-16/h2-6,9,15H,7-8,10-12,17H2,1H3. The predicted molar refractivity (Wildman–Crippen MR) is 82.5 cm³/mol. The molecule has 1 aromatic heterocycles. The van der Waals surface area contributed by atoms with Crippen LogP contribution in [0.4, 0.5) is 0 Å². The normalized spacial score (nSPS) is 21.4. The van der Waals surface area contributed by atoms with E-state index in [1.54, 1.807) is 0 Å². The van der Waals surface area contributed by atoms with Gasteiger partial charge in [0.25, 0.3) is 0 Å². The Hall–Kier alpha value is -1.49. The van der Waals surface area contributed by atoms with Crippen LogP contribution in [0.1, 0.15) is 5.56 Å². The van der Waals surface area contributed by atoms with Crippen LogP contribution in [0.5, 0.6) is 0 Å². The summed E-state index contributed by atoms with van der Waals surface area (Å²) in [5.41, 5.74) is 8.32. The molecule has 1 aliphatic heterocycles. The van der Waals surface area contributed by atoms with Gasteiger partial charge in [-0.1, -0.05) is 12.1 Å². The molecule has 106 valence electrons. The summed E-state index contributed by atoms with van der Waals surface area (Å²) in [7, 11) is 2.17. The van der Waals surface area contributed by atoms with Crippen LogP contribution >= 0.6 is 0 Å². The van der Waals surface area contributed by atoms with Crippen molar-refractivity contribution in [2.75, 3.05) is 33.2 Å². The van der Waals surface area contributed by atoms with Gasteiger partial charge in [0, 0.05) is 50.3 Å². The molecule has 0 spiro atoms. The Morgan fingerprint density at radius 2 is 2.20 bits per heavy atom. The van der Waals surface area contributed by atoms with E-state index in [4.69, 9.17) is 5.73 Å². The topological polar surface area (TPSA) is 45.4 Å². The number of benzene rings is 1. The van der Waals surface area contributed by atoms with Gasteiger partial charge in [0.05, 0.1) is 5.52 Å². The zero-order valence-corrected chi connectivity index (χ0v) is 12.0. The molecule has 4 heteroatoms. The van der Waals surface area contributed by atoms with E-state index in [0.717, 1.165) is 38.2 Å². The fourth-order valence-corrected chi connectivity index (χ4v) is 2.94. The number of rotatable bonds is 3. The zero-order valence-electron chi connectivity index (χ0n) is 12.0. The summed E-state index contributed by atoms with van der Waals surface area (Å²) in [6.45, 7) is 4.96. The lowest BCUT2D eigenvalue weighted by Crippen LogP contribution is -2.54. The van der Waals surface area contributed by atoms with Crippen molar-refractivity contribution < 1.29 is 0 Å². The highest BCUT2D eigenvalue weighted by Crippen LogP contribution is 2.17. The van der Waals surface area contributed by atoms with Gasteiger partial charge in [-0.25, -0.2) is 0 Å². The third kappa shape index (κ3) is 2.82. The molecule has 2 heterocycles. The SMILES string of the molecule is CN1CCN(Cc2ccc3ncccc3c2)C(CN)C1. The second-order valence-electron chi connectivity index (χ2n) is 5.65. The molecule has 4 nitrogen and oxygen atoms in total. The molecule has 2 N–H and O–H groups in total. The molecule has 0 radical (unpaired) electrons. The molecule has 0 amide bonds. The second kappa shape index (κ2) is 5.87. The van der Waals surface area contributed by atoms with E-state index in [9.17, 15) is 0 Å². The van der Waals surface area contributed by atoms with Gasteiger partial charge in [-0.2, -0.15) is 0 Å². The Labute approximate surface area is 120 Å². The van der Waals surface area contributed by atoms with Crippen LogP contribution in [0.3, 0.4) is 0 Å². The molecule has 1 unspecified atom stereocenters. The van der Waals surface area contributed by atoms with E-state index in [1.807, 2.05) is 12.3 Å². The smallest absolute Gasteiger partial charge is 0.0702 e. The molecule has 2 aromatic rings. The van der Waals surface area contributed by atoms with Crippen molar-refractivity contribution in [3.63, 3.8) is 0 Å². The Bertz CT molecular complexity index is 583. The van der Waals surface area contributed by atoms with Gasteiger partial charge in [-0.05, 0) is 30.8 Å². The first-order valence-electron chi connectivity index (χ1n) is 7.22. The van der Waals surface area contributed by atoms with Crippen LogP contribution in [0, 0.1) is 0 Å². The lowest BCUT2D eigenvalue weighted by Gasteiger charge is -2.39. The summed E-state index contributed by atoms with van der Waals surface area (Å²) in [4.78, 5) is 9.23. The van der Waals surface area contributed by atoms with E-state index < -0.39 is 0 Å². The Kier molecular flexibility index (Phi) is 3.96. The average Bonchev–Trinajstić information content (AvgIpc) is 2.49. The van der Waals surface area contributed by atoms with Crippen molar-refractivity contribution in [1.29, 1.82) is 0 Å². The van der Waals surface area contributed by atoms with E-state index in [0.29, 0.717) is 6.04 Å². The molecular weight excluding hydrogens is 248 g/mol. The van der Waals surface area contributed by atoms with Crippen molar-refractivity contribution in [3.8, 4) is 0 Å². The van der Waals surface area contributed by atoms with E-state index in [-0.39, 0.29) is 0 Å². The number of pyridine rings is 1. The van der Waals surface area contributed by atoms with Crippen LogP contribution in [0.15, 0.2) is 36.5 Å². The van der Waals surface area contributed by atoms with Crippen molar-refractivity contribution in [1.82, 2.24) is 14.8 Å². The molecule has 0 bridgehead atoms. The molecular formula is C16H22N4. The molecule has 1 aliphatic rings. The summed E-state index contributed by atoms with van der Waals surface area (Å²) in [5, 5.41) is 1.21. The Morgan fingerprint density at radius 1 is 1.30 bits per heavy atom. The highest BCUT2D eigenvalue weighted by molar-refractivity contribution is 5.78. The van der Waals surface area contributed by atoms with Crippen LogP contribution < -0.4 is 5.73 Å². The zero-order chi connectivity index (χ0) is 13.9. The lowest BCUT2D eigenvalue weighted by molar-refractivity contribution is 0.0881. The monoisotopic (exact) mass is 270 g/mol. The summed E-state index contributed by atoms with van der Waals surface area (Å²) in [5.74, 6) is 0. The first kappa shape index (κ1) is 13.5. The fraction of sp³-hybridized carbons (Fsp3) is 0.438. The minimum Gasteiger partial charge on any atom is -0.329 e. The van der Waals surface area contributed by atoms with Gasteiger partial charge in [0.2, 0.25) is 0 Å². The maximum Gasteiger partial charge on any atom is 0.0702 e. The predicted octanol–water partition coefficient (Wildman–Crippen LogP) is 1.31. The van der Waals surface area contributed by atoms with Crippen LogP contribution in [-0.2, 0) is 6.54 Å². The number of likely N-dealkylation sites (N-methyl/N-ethyl adjacent to an activating group) is 1. The number of hydrogen-bond donors (Lipinski definition) is 1. The number of nitrogens with zero attached hydrogens (tertiary/aromatic N) is 3. The number of aromatic nitrogens is 1. The quantitative estimate of drug-likeness (QED) is 0.913. The minimum atomic E-state index is 0.457. The number of fused-ring (bicyclic) bond motifs is 1. The first-order valence-corrected chi connectivity index (χ1v) is 7.22. The maximum absolute atomic E-state index is 5.92. The van der Waals surface area contributed by atoms with Crippen LogP contribution in [0.2, 0.25) is 0 Å². The van der Waals surface area contributed by atoms with E-state index >= 15 is 0 Å². The summed E-state index contributed by atoms with van der Waals surface area (Å²) in [6.07, 6.45) is 1.84. The molecule has 1 atom stereocenters. The third-order valence-electron chi connectivity index (χ3n) is 4.13. The number of nitrogens with two attached hydrogens (primary N) is 1. The largest absolute Gasteiger partial charge is 0.329 e. The highest BCUT2D eigenvalue weighted by Gasteiger charge is 2.23. The summed E-state index contributed by atoms with van der Waals surface area (Å²) in [6, 6.07) is 11.1. The number of piperazine rings is 1. The third-order valence-corrected chi connectivity index (χ3v) is 4.13. The highest BCUT2D eigenvalue weighted by atomic mass is 15.3. The van der Waals surface area contributed by atoms with Crippen molar-refractivity contribution in [2.45, 2.75) is 12.6 Å². The fourth-order valence-electron chi connectivity index (χ4n) is 2.94. The lowest BCUT2D eigenvalue weighted by atomic mass is 10.1. The van der Waals surface area contributed by atoms with Crippen LogP contribution in [0.25, 0.3) is 10.9 Å². The summed E-state index contributed by atoms with van der Waals surface area (Å²) < 4.78 is 0. The van der Waals surface area contributed by atoms with Gasteiger partial charge >= 0.3 is 0 Å². The van der Waals surface area contributed by atoms with Crippen molar-refractivity contribution >= 4 is 10.9 Å². The molecule has 1 fully saturated rings. The molecule has 20 heavy (non-hydrogen) atoms. The van der Waals surface area contributed by atoms with Crippen molar-refractivity contribution in [2.24, 2.45) is 5.73 Å². The Balaban J connectivity index is 1.78. The van der Waals surface area contributed by atoms with Gasteiger partial charge in [0.1, 0.15) is 0 Å². The van der Waals surface area contributed by atoms with E-state index in [1.165, 1.54) is 10.9 Å². The number of hydrogen-bond acceptors (Lipinski definition) is 4. The molecule has 0 aliphatic carbocycles. The maximum atomic E-state index is 5.92. The molecule has 3 rings (SSSR count). The molecule has 1 saturated heterocycles. The average molecular weight is 270 g/mol. The second-order valence-corrected chi connectivity index (χ2v) is 5.65. The van der Waals surface area contributed by atoms with E-state index in [2.05, 4.69) is 46.1 Å². The van der Waals surface area contributed by atoms with Gasteiger partial charge in [-0.3, -0.25) is 9.88 Å². The van der Waals surface area contributed by atoms with Gasteiger partial charge < -0.3 is 10.6 Å². The van der Waals surface area contributed by atoms with Gasteiger partial charge in [0.15, 0.2) is 0 Å². The van der Waals surface area contributed by atoms with Gasteiger partial charge in [-0.15, -0.1) is 0 Å². The van der Waals surface area contributed by atoms with Crippen molar-refractivity contribution in [3.05, 3.63) is 42.1 Å². The molecule has 0 saturated carbocycles.